The van der Waals surface area contributed by atoms with Gasteiger partial charge in [-0.05, 0) is 25.5 Å². The van der Waals surface area contributed by atoms with Gasteiger partial charge < -0.3 is 10.4 Å². The van der Waals surface area contributed by atoms with Crippen molar-refractivity contribution in [1.82, 2.24) is 19.9 Å². The standard InChI is InChI=1S/C14H12FN5O2S/c1-6(8-3-9(15)5-16-4-8)17-14-19-10(13(21)22)11-12(20-14)18-7(2)23-11/h3-6H,1-2H3,(H,21,22)(H,17,19,20). The van der Waals surface area contributed by atoms with Crippen LogP contribution >= 0.6 is 11.3 Å². The van der Waals surface area contributed by atoms with Gasteiger partial charge in [-0.25, -0.2) is 19.2 Å². The van der Waals surface area contributed by atoms with Gasteiger partial charge in [-0.1, -0.05) is 0 Å². The van der Waals surface area contributed by atoms with E-state index in [0.717, 1.165) is 6.20 Å². The fourth-order valence-corrected chi connectivity index (χ4v) is 2.92. The van der Waals surface area contributed by atoms with Crippen molar-refractivity contribution in [2.75, 3.05) is 5.32 Å². The first kappa shape index (κ1) is 15.2. The number of thiazole rings is 1. The molecule has 0 aliphatic rings. The van der Waals surface area contributed by atoms with Gasteiger partial charge in [0.15, 0.2) is 11.3 Å². The molecule has 3 aromatic heterocycles. The minimum absolute atomic E-state index is 0.104. The van der Waals surface area contributed by atoms with E-state index in [1.54, 1.807) is 13.8 Å². The van der Waals surface area contributed by atoms with Crippen LogP contribution in [0.5, 0.6) is 0 Å². The zero-order valence-corrected chi connectivity index (χ0v) is 13.1. The lowest BCUT2D eigenvalue weighted by molar-refractivity contribution is 0.0693. The molecule has 0 bridgehead atoms. The Hall–Kier alpha value is -2.68. The van der Waals surface area contributed by atoms with E-state index in [-0.39, 0.29) is 17.7 Å². The zero-order valence-electron chi connectivity index (χ0n) is 12.2. The predicted molar refractivity (Wildman–Crippen MR) is 83.1 cm³/mol. The Bertz CT molecular complexity index is 898. The van der Waals surface area contributed by atoms with Gasteiger partial charge in [0.25, 0.3) is 0 Å². The van der Waals surface area contributed by atoms with Gasteiger partial charge in [-0.15, -0.1) is 11.3 Å². The van der Waals surface area contributed by atoms with Crippen molar-refractivity contribution in [2.45, 2.75) is 19.9 Å². The summed E-state index contributed by atoms with van der Waals surface area (Å²) in [4.78, 5) is 27.6. The number of carbonyl (C=O) groups is 1. The lowest BCUT2D eigenvalue weighted by Gasteiger charge is -2.14. The number of nitrogens with zero attached hydrogens (tertiary/aromatic N) is 4. The second kappa shape index (κ2) is 5.84. The number of aromatic carboxylic acids is 1. The van der Waals surface area contributed by atoms with E-state index in [0.29, 0.717) is 20.9 Å². The van der Waals surface area contributed by atoms with Gasteiger partial charge in [0.2, 0.25) is 5.95 Å². The van der Waals surface area contributed by atoms with Crippen molar-refractivity contribution < 1.29 is 14.3 Å². The first-order chi connectivity index (χ1) is 10.9. The van der Waals surface area contributed by atoms with Crippen molar-refractivity contribution in [3.63, 3.8) is 0 Å². The second-order valence-electron chi connectivity index (χ2n) is 4.89. The number of aromatic nitrogens is 4. The van der Waals surface area contributed by atoms with Crippen LogP contribution in [0, 0.1) is 12.7 Å². The molecule has 0 saturated carbocycles. The van der Waals surface area contributed by atoms with Crippen LogP contribution in [0.25, 0.3) is 10.3 Å². The van der Waals surface area contributed by atoms with Gasteiger partial charge in [0.05, 0.1) is 17.2 Å². The predicted octanol–water partition coefficient (Wildman–Crippen LogP) is 2.80. The minimum Gasteiger partial charge on any atom is -0.476 e. The summed E-state index contributed by atoms with van der Waals surface area (Å²) < 4.78 is 13.7. The number of fused-ring (bicyclic) bond motifs is 1. The van der Waals surface area contributed by atoms with E-state index >= 15 is 0 Å². The average molecular weight is 333 g/mol. The molecular weight excluding hydrogens is 321 g/mol. The molecule has 3 aromatic rings. The summed E-state index contributed by atoms with van der Waals surface area (Å²) in [6.07, 6.45) is 2.63. The maximum atomic E-state index is 13.2. The molecule has 0 spiro atoms. The second-order valence-corrected chi connectivity index (χ2v) is 6.09. The number of rotatable bonds is 4. The Balaban J connectivity index is 1.98. The molecule has 1 unspecified atom stereocenters. The van der Waals surface area contributed by atoms with Gasteiger partial charge in [-0.2, -0.15) is 4.98 Å². The van der Waals surface area contributed by atoms with Crippen LogP contribution in [0.15, 0.2) is 18.5 Å². The Morgan fingerprint density at radius 2 is 2.13 bits per heavy atom. The molecule has 3 rings (SSSR count). The number of nitrogens with one attached hydrogen (secondary N) is 1. The number of hydrogen-bond donors (Lipinski definition) is 2. The van der Waals surface area contributed by atoms with E-state index in [4.69, 9.17) is 0 Å². The molecule has 23 heavy (non-hydrogen) atoms. The molecule has 0 radical (unpaired) electrons. The molecule has 0 amide bonds. The number of halogens is 1. The number of carboxylic acids is 1. The molecule has 1 atom stereocenters. The lowest BCUT2D eigenvalue weighted by Crippen LogP contribution is -2.12. The SMILES string of the molecule is Cc1nc2nc(NC(C)c3cncc(F)c3)nc(C(=O)O)c2s1. The molecule has 0 aromatic carbocycles. The van der Waals surface area contributed by atoms with E-state index in [2.05, 4.69) is 25.3 Å². The Labute approximate surface area is 134 Å². The molecule has 9 heteroatoms. The van der Waals surface area contributed by atoms with Crippen molar-refractivity contribution >= 4 is 33.6 Å². The Morgan fingerprint density at radius 3 is 2.83 bits per heavy atom. The molecule has 0 fully saturated rings. The molecule has 118 valence electrons. The number of carboxylic acid groups (broad SMARTS) is 1. The first-order valence-corrected chi connectivity index (χ1v) is 7.51. The normalized spacial score (nSPS) is 12.3. The molecule has 2 N–H and O–H groups in total. The summed E-state index contributed by atoms with van der Waals surface area (Å²) in [5, 5.41) is 13.0. The summed E-state index contributed by atoms with van der Waals surface area (Å²) in [7, 11) is 0. The quantitative estimate of drug-likeness (QED) is 0.757. The van der Waals surface area contributed by atoms with Crippen LogP contribution in [0.3, 0.4) is 0 Å². The Morgan fingerprint density at radius 1 is 1.35 bits per heavy atom. The van der Waals surface area contributed by atoms with Crippen LogP contribution in [-0.2, 0) is 0 Å². The number of anilines is 1. The van der Waals surface area contributed by atoms with Crippen molar-refractivity contribution in [2.24, 2.45) is 0 Å². The van der Waals surface area contributed by atoms with E-state index < -0.39 is 11.8 Å². The smallest absolute Gasteiger partial charge is 0.356 e. The summed E-state index contributed by atoms with van der Waals surface area (Å²) in [5.41, 5.74) is 0.819. The van der Waals surface area contributed by atoms with Crippen LogP contribution < -0.4 is 5.32 Å². The maximum absolute atomic E-state index is 13.2. The molecule has 3 heterocycles. The van der Waals surface area contributed by atoms with E-state index in [1.807, 2.05) is 0 Å². The number of hydrogen-bond acceptors (Lipinski definition) is 7. The van der Waals surface area contributed by atoms with Crippen molar-refractivity contribution in [3.8, 4) is 0 Å². The van der Waals surface area contributed by atoms with Gasteiger partial charge in [0.1, 0.15) is 10.5 Å². The third kappa shape index (κ3) is 3.09. The number of pyridine rings is 1. The highest BCUT2D eigenvalue weighted by Gasteiger charge is 2.18. The molecular formula is C14H12FN5O2S. The van der Waals surface area contributed by atoms with Crippen LogP contribution in [0.2, 0.25) is 0 Å². The molecule has 0 aliphatic heterocycles. The molecule has 0 aliphatic carbocycles. The summed E-state index contributed by atoms with van der Waals surface area (Å²) >= 11 is 1.23. The number of aryl methyl sites for hydroxylation is 1. The fraction of sp³-hybridized carbons (Fsp3) is 0.214. The highest BCUT2D eigenvalue weighted by molar-refractivity contribution is 7.18. The summed E-state index contributed by atoms with van der Waals surface area (Å²) in [6.45, 7) is 3.54. The summed E-state index contributed by atoms with van der Waals surface area (Å²) in [6, 6.07) is 0.992. The van der Waals surface area contributed by atoms with Crippen molar-refractivity contribution in [3.05, 3.63) is 40.5 Å². The van der Waals surface area contributed by atoms with Gasteiger partial charge >= 0.3 is 5.97 Å². The first-order valence-electron chi connectivity index (χ1n) is 6.69. The van der Waals surface area contributed by atoms with Gasteiger partial charge in [-0.3, -0.25) is 4.98 Å². The highest BCUT2D eigenvalue weighted by Crippen LogP contribution is 2.25. The topological polar surface area (TPSA) is 101 Å². The third-order valence-corrected chi connectivity index (χ3v) is 4.10. The largest absolute Gasteiger partial charge is 0.476 e. The average Bonchev–Trinajstić information content (AvgIpc) is 2.86. The monoisotopic (exact) mass is 333 g/mol. The maximum Gasteiger partial charge on any atom is 0.356 e. The van der Waals surface area contributed by atoms with Crippen LogP contribution in [-0.4, -0.2) is 31.0 Å². The summed E-state index contributed by atoms with van der Waals surface area (Å²) in [5.74, 6) is -1.48. The third-order valence-electron chi connectivity index (χ3n) is 3.14. The fourth-order valence-electron chi connectivity index (χ4n) is 2.08. The minimum atomic E-state index is -1.15. The van der Waals surface area contributed by atoms with Crippen molar-refractivity contribution in [1.29, 1.82) is 0 Å². The van der Waals surface area contributed by atoms with E-state index in [9.17, 15) is 14.3 Å². The van der Waals surface area contributed by atoms with E-state index in [1.165, 1.54) is 23.6 Å². The zero-order chi connectivity index (χ0) is 16.6. The van der Waals surface area contributed by atoms with Crippen LogP contribution in [0.4, 0.5) is 10.3 Å². The van der Waals surface area contributed by atoms with Gasteiger partial charge in [0, 0.05) is 6.20 Å². The highest BCUT2D eigenvalue weighted by atomic mass is 32.1. The molecule has 0 saturated heterocycles. The lowest BCUT2D eigenvalue weighted by atomic mass is 10.1. The Kier molecular flexibility index (Phi) is 3.87. The van der Waals surface area contributed by atoms with Crippen LogP contribution in [0.1, 0.15) is 34.0 Å². The molecule has 7 nitrogen and oxygen atoms in total.